The lowest BCUT2D eigenvalue weighted by Crippen LogP contribution is -2.47. The zero-order valence-electron chi connectivity index (χ0n) is 10.4. The van der Waals surface area contributed by atoms with Crippen LogP contribution in [0.3, 0.4) is 0 Å². The average Bonchev–Trinajstić information content (AvgIpc) is 2.74. The van der Waals surface area contributed by atoms with Gasteiger partial charge < -0.3 is 15.3 Å². The fourth-order valence-electron chi connectivity index (χ4n) is 2.75. The van der Waals surface area contributed by atoms with Crippen LogP contribution in [0, 0.1) is 17.8 Å². The lowest BCUT2D eigenvalue weighted by Gasteiger charge is -2.36. The summed E-state index contributed by atoms with van der Waals surface area (Å²) in [5.74, 6) is -1.56. The maximum Gasteiger partial charge on any atom is 0.306 e. The van der Waals surface area contributed by atoms with Gasteiger partial charge >= 0.3 is 5.97 Å². The SMILES string of the molecule is CC1CN(C(=O)C2CNC(=O)C2)CCC1C(=O)O. The number of carboxylic acid groups (broad SMARTS) is 1. The van der Waals surface area contributed by atoms with Crippen molar-refractivity contribution in [3.8, 4) is 0 Å². The molecule has 2 heterocycles. The van der Waals surface area contributed by atoms with Gasteiger partial charge in [-0.15, -0.1) is 0 Å². The highest BCUT2D eigenvalue weighted by atomic mass is 16.4. The normalized spacial score (nSPS) is 32.2. The molecule has 2 rings (SSSR count). The monoisotopic (exact) mass is 254 g/mol. The molecule has 2 saturated heterocycles. The second-order valence-corrected chi connectivity index (χ2v) is 5.20. The van der Waals surface area contributed by atoms with E-state index in [0.29, 0.717) is 26.1 Å². The highest BCUT2D eigenvalue weighted by Gasteiger charge is 2.37. The third kappa shape index (κ3) is 2.47. The zero-order chi connectivity index (χ0) is 13.3. The molecule has 6 heteroatoms. The maximum absolute atomic E-state index is 12.2. The van der Waals surface area contributed by atoms with Crippen LogP contribution in [0.1, 0.15) is 19.8 Å². The standard InChI is InChI=1S/C12H18N2O4/c1-7-6-14(3-2-9(7)12(17)18)11(16)8-4-10(15)13-5-8/h7-9H,2-6H2,1H3,(H,13,15)(H,17,18). The molecular weight excluding hydrogens is 236 g/mol. The lowest BCUT2D eigenvalue weighted by molar-refractivity contribution is -0.149. The van der Waals surface area contributed by atoms with E-state index in [1.54, 1.807) is 4.90 Å². The lowest BCUT2D eigenvalue weighted by atomic mass is 9.86. The van der Waals surface area contributed by atoms with Gasteiger partial charge in [-0.05, 0) is 12.3 Å². The van der Waals surface area contributed by atoms with Crippen LogP contribution >= 0.6 is 0 Å². The Balaban J connectivity index is 1.94. The molecular formula is C12H18N2O4. The molecule has 100 valence electrons. The number of rotatable bonds is 2. The summed E-state index contributed by atoms with van der Waals surface area (Å²) in [4.78, 5) is 35.9. The van der Waals surface area contributed by atoms with Crippen LogP contribution in [0.5, 0.6) is 0 Å². The highest BCUT2D eigenvalue weighted by Crippen LogP contribution is 2.25. The molecule has 2 N–H and O–H groups in total. The van der Waals surface area contributed by atoms with Crippen molar-refractivity contribution in [1.29, 1.82) is 0 Å². The third-order valence-corrected chi connectivity index (χ3v) is 3.86. The van der Waals surface area contributed by atoms with Crippen LogP contribution in [-0.2, 0) is 14.4 Å². The molecule has 0 bridgehead atoms. The van der Waals surface area contributed by atoms with E-state index in [1.165, 1.54) is 0 Å². The van der Waals surface area contributed by atoms with Crippen LogP contribution in [0.2, 0.25) is 0 Å². The van der Waals surface area contributed by atoms with Gasteiger partial charge in [-0.3, -0.25) is 14.4 Å². The number of amides is 2. The minimum Gasteiger partial charge on any atom is -0.481 e. The first-order chi connectivity index (χ1) is 8.49. The number of nitrogens with zero attached hydrogens (tertiary/aromatic N) is 1. The van der Waals surface area contributed by atoms with E-state index in [1.807, 2.05) is 6.92 Å². The number of likely N-dealkylation sites (tertiary alicyclic amines) is 1. The Hall–Kier alpha value is -1.59. The number of carbonyl (C=O) groups is 3. The summed E-state index contributed by atoms with van der Waals surface area (Å²) in [5.41, 5.74) is 0. The van der Waals surface area contributed by atoms with E-state index in [-0.39, 0.29) is 36.0 Å². The van der Waals surface area contributed by atoms with Crippen molar-refractivity contribution in [3.05, 3.63) is 0 Å². The number of carbonyl (C=O) groups excluding carboxylic acids is 2. The average molecular weight is 254 g/mol. The van der Waals surface area contributed by atoms with E-state index >= 15 is 0 Å². The van der Waals surface area contributed by atoms with E-state index in [0.717, 1.165) is 0 Å². The summed E-state index contributed by atoms with van der Waals surface area (Å²) in [6.07, 6.45) is 0.752. The summed E-state index contributed by atoms with van der Waals surface area (Å²) < 4.78 is 0. The van der Waals surface area contributed by atoms with Gasteiger partial charge in [-0.25, -0.2) is 0 Å². The van der Waals surface area contributed by atoms with Crippen molar-refractivity contribution in [2.75, 3.05) is 19.6 Å². The first-order valence-corrected chi connectivity index (χ1v) is 6.27. The third-order valence-electron chi connectivity index (χ3n) is 3.86. The highest BCUT2D eigenvalue weighted by molar-refractivity contribution is 5.89. The molecule has 0 aliphatic carbocycles. The Morgan fingerprint density at radius 3 is 2.67 bits per heavy atom. The molecule has 0 spiro atoms. The number of hydrogen-bond donors (Lipinski definition) is 2. The van der Waals surface area contributed by atoms with E-state index in [2.05, 4.69) is 5.32 Å². The van der Waals surface area contributed by atoms with Gasteiger partial charge in [0.05, 0.1) is 11.8 Å². The molecule has 0 aromatic heterocycles. The van der Waals surface area contributed by atoms with Crippen LogP contribution in [0.4, 0.5) is 0 Å². The Morgan fingerprint density at radius 2 is 2.17 bits per heavy atom. The molecule has 0 aromatic rings. The van der Waals surface area contributed by atoms with Crippen molar-refractivity contribution < 1.29 is 19.5 Å². The van der Waals surface area contributed by atoms with Gasteiger partial charge in [0.1, 0.15) is 0 Å². The van der Waals surface area contributed by atoms with Gasteiger partial charge in [0, 0.05) is 26.1 Å². The van der Waals surface area contributed by atoms with Gasteiger partial charge in [-0.1, -0.05) is 6.92 Å². The smallest absolute Gasteiger partial charge is 0.306 e. The first kappa shape index (κ1) is 12.9. The summed E-state index contributed by atoms with van der Waals surface area (Å²) >= 11 is 0. The van der Waals surface area contributed by atoms with Crippen molar-refractivity contribution >= 4 is 17.8 Å². The Bertz CT molecular complexity index is 382. The second-order valence-electron chi connectivity index (χ2n) is 5.20. The van der Waals surface area contributed by atoms with Gasteiger partial charge in [0.2, 0.25) is 11.8 Å². The van der Waals surface area contributed by atoms with E-state index in [4.69, 9.17) is 5.11 Å². The Kier molecular flexibility index (Phi) is 3.54. The molecule has 0 saturated carbocycles. The Morgan fingerprint density at radius 1 is 1.44 bits per heavy atom. The predicted octanol–water partition coefficient (Wildman–Crippen LogP) is -0.308. The van der Waals surface area contributed by atoms with Crippen LogP contribution in [-0.4, -0.2) is 47.4 Å². The number of piperidine rings is 1. The number of carboxylic acids is 1. The molecule has 0 aromatic carbocycles. The molecule has 3 unspecified atom stereocenters. The quantitative estimate of drug-likeness (QED) is 0.708. The molecule has 2 aliphatic rings. The van der Waals surface area contributed by atoms with E-state index in [9.17, 15) is 14.4 Å². The summed E-state index contributed by atoms with van der Waals surface area (Å²) in [6.45, 7) is 3.21. The number of nitrogens with one attached hydrogen (secondary N) is 1. The molecule has 6 nitrogen and oxygen atoms in total. The molecule has 18 heavy (non-hydrogen) atoms. The minimum atomic E-state index is -0.785. The summed E-state index contributed by atoms with van der Waals surface area (Å²) in [6, 6.07) is 0. The van der Waals surface area contributed by atoms with Crippen LogP contribution < -0.4 is 5.32 Å². The van der Waals surface area contributed by atoms with Gasteiger partial charge in [0.15, 0.2) is 0 Å². The van der Waals surface area contributed by atoms with Crippen molar-refractivity contribution in [2.45, 2.75) is 19.8 Å². The largest absolute Gasteiger partial charge is 0.481 e. The van der Waals surface area contributed by atoms with Crippen molar-refractivity contribution in [3.63, 3.8) is 0 Å². The topological polar surface area (TPSA) is 86.7 Å². The van der Waals surface area contributed by atoms with Crippen molar-refractivity contribution in [1.82, 2.24) is 10.2 Å². The first-order valence-electron chi connectivity index (χ1n) is 6.27. The minimum absolute atomic E-state index is 0.0240. The molecule has 3 atom stereocenters. The summed E-state index contributed by atoms with van der Waals surface area (Å²) in [5, 5.41) is 11.7. The zero-order valence-corrected chi connectivity index (χ0v) is 10.4. The van der Waals surface area contributed by atoms with Crippen molar-refractivity contribution in [2.24, 2.45) is 17.8 Å². The predicted molar refractivity (Wildman–Crippen MR) is 62.6 cm³/mol. The molecule has 2 fully saturated rings. The summed E-state index contributed by atoms with van der Waals surface area (Å²) in [7, 11) is 0. The molecule has 2 aliphatic heterocycles. The second kappa shape index (κ2) is 4.96. The number of aliphatic carboxylic acids is 1. The maximum atomic E-state index is 12.2. The fourth-order valence-corrected chi connectivity index (χ4v) is 2.75. The van der Waals surface area contributed by atoms with E-state index < -0.39 is 5.97 Å². The fraction of sp³-hybridized carbons (Fsp3) is 0.750. The Labute approximate surface area is 105 Å². The van der Waals surface area contributed by atoms with Crippen LogP contribution in [0.25, 0.3) is 0 Å². The van der Waals surface area contributed by atoms with Gasteiger partial charge in [0.25, 0.3) is 0 Å². The molecule has 2 amide bonds. The number of hydrogen-bond acceptors (Lipinski definition) is 3. The van der Waals surface area contributed by atoms with Gasteiger partial charge in [-0.2, -0.15) is 0 Å². The molecule has 0 radical (unpaired) electrons. The van der Waals surface area contributed by atoms with Crippen LogP contribution in [0.15, 0.2) is 0 Å².